The van der Waals surface area contributed by atoms with Gasteiger partial charge in [-0.15, -0.1) is 5.10 Å². The van der Waals surface area contributed by atoms with E-state index in [4.69, 9.17) is 23.2 Å². The third-order valence-corrected chi connectivity index (χ3v) is 2.34. The van der Waals surface area contributed by atoms with Crippen LogP contribution < -0.4 is 0 Å². The zero-order valence-corrected chi connectivity index (χ0v) is 8.48. The highest BCUT2D eigenvalue weighted by molar-refractivity contribution is 14.1. The lowest BCUT2D eigenvalue weighted by molar-refractivity contribution is 0.978. The predicted molar refractivity (Wildman–Crippen MR) is 49.8 cm³/mol. The highest BCUT2D eigenvalue weighted by Crippen LogP contribution is 2.18. The van der Waals surface area contributed by atoms with Crippen molar-refractivity contribution in [3.63, 3.8) is 0 Å². The maximum atomic E-state index is 5.65. The molecular formula is C5H3Cl2IN2. The van der Waals surface area contributed by atoms with Crippen molar-refractivity contribution in [3.8, 4) is 0 Å². The van der Waals surface area contributed by atoms with Gasteiger partial charge in [-0.1, -0.05) is 45.8 Å². The van der Waals surface area contributed by atoms with Crippen molar-refractivity contribution in [3.05, 3.63) is 21.9 Å². The first kappa shape index (κ1) is 8.49. The Balaban J connectivity index is 3.04. The summed E-state index contributed by atoms with van der Waals surface area (Å²) >= 11 is 13.4. The lowest BCUT2D eigenvalue weighted by atomic mass is 10.4. The Morgan fingerprint density at radius 2 is 2.10 bits per heavy atom. The van der Waals surface area contributed by atoms with E-state index in [0.29, 0.717) is 5.02 Å². The molecule has 1 heterocycles. The molecule has 0 aliphatic carbocycles. The molecule has 0 bridgehead atoms. The lowest BCUT2D eigenvalue weighted by Crippen LogP contribution is -1.89. The highest BCUT2D eigenvalue weighted by atomic mass is 127. The molecule has 2 nitrogen and oxygen atoms in total. The summed E-state index contributed by atoms with van der Waals surface area (Å²) in [4.78, 5) is 0. The second kappa shape index (κ2) is 3.69. The number of hydrogen-bond donors (Lipinski definition) is 0. The van der Waals surface area contributed by atoms with Gasteiger partial charge in [0.15, 0.2) is 5.15 Å². The van der Waals surface area contributed by atoms with Crippen LogP contribution in [0, 0.1) is 0 Å². The van der Waals surface area contributed by atoms with Gasteiger partial charge in [0.1, 0.15) is 0 Å². The SMILES string of the molecule is Clc1cc(CI)nnc1Cl. The molecule has 0 fully saturated rings. The molecule has 1 aromatic rings. The molecule has 0 unspecified atom stereocenters. The Morgan fingerprint density at radius 3 is 2.60 bits per heavy atom. The Morgan fingerprint density at radius 1 is 1.40 bits per heavy atom. The van der Waals surface area contributed by atoms with E-state index in [0.717, 1.165) is 10.1 Å². The van der Waals surface area contributed by atoms with Gasteiger partial charge < -0.3 is 0 Å². The second-order valence-corrected chi connectivity index (χ2v) is 3.14. The third-order valence-electron chi connectivity index (χ3n) is 0.894. The molecule has 0 aliphatic heterocycles. The zero-order chi connectivity index (χ0) is 7.56. The fourth-order valence-electron chi connectivity index (χ4n) is 0.456. The molecule has 0 spiro atoms. The van der Waals surface area contributed by atoms with E-state index in [1.54, 1.807) is 6.07 Å². The molecule has 0 N–H and O–H groups in total. The molecule has 0 aliphatic rings. The zero-order valence-electron chi connectivity index (χ0n) is 4.81. The molecule has 1 rings (SSSR count). The van der Waals surface area contributed by atoms with Gasteiger partial charge >= 0.3 is 0 Å². The molecule has 5 heteroatoms. The van der Waals surface area contributed by atoms with E-state index in [9.17, 15) is 0 Å². The van der Waals surface area contributed by atoms with Crippen molar-refractivity contribution in [2.45, 2.75) is 4.43 Å². The van der Waals surface area contributed by atoms with Gasteiger partial charge in [-0.25, -0.2) is 0 Å². The van der Waals surface area contributed by atoms with E-state index in [1.807, 2.05) is 0 Å². The molecule has 0 saturated heterocycles. The number of hydrogen-bond acceptors (Lipinski definition) is 2. The molecule has 10 heavy (non-hydrogen) atoms. The first-order valence-electron chi connectivity index (χ1n) is 2.47. The summed E-state index contributed by atoms with van der Waals surface area (Å²) in [5, 5.41) is 8.13. The minimum atomic E-state index is 0.260. The minimum Gasteiger partial charge on any atom is -0.153 e. The average molecular weight is 289 g/mol. The van der Waals surface area contributed by atoms with E-state index < -0.39 is 0 Å². The van der Waals surface area contributed by atoms with Crippen molar-refractivity contribution in [1.29, 1.82) is 0 Å². The molecule has 0 radical (unpaired) electrons. The van der Waals surface area contributed by atoms with Crippen molar-refractivity contribution in [1.82, 2.24) is 10.2 Å². The molecule has 0 aromatic carbocycles. The Kier molecular flexibility index (Phi) is 3.13. The summed E-state index contributed by atoms with van der Waals surface area (Å²) in [6.45, 7) is 0. The van der Waals surface area contributed by atoms with Crippen molar-refractivity contribution < 1.29 is 0 Å². The summed E-state index contributed by atoms with van der Waals surface area (Å²) < 4.78 is 0.793. The van der Waals surface area contributed by atoms with Gasteiger partial charge in [0.05, 0.1) is 10.7 Å². The monoisotopic (exact) mass is 288 g/mol. The van der Waals surface area contributed by atoms with E-state index >= 15 is 0 Å². The van der Waals surface area contributed by atoms with Crippen molar-refractivity contribution >= 4 is 45.8 Å². The Bertz CT molecular complexity index is 241. The van der Waals surface area contributed by atoms with Crippen molar-refractivity contribution in [2.24, 2.45) is 0 Å². The van der Waals surface area contributed by atoms with Gasteiger partial charge in [-0.3, -0.25) is 0 Å². The fraction of sp³-hybridized carbons (Fsp3) is 0.200. The average Bonchev–Trinajstić information content (AvgIpc) is 1.95. The van der Waals surface area contributed by atoms with Crippen LogP contribution in [0.25, 0.3) is 0 Å². The smallest absolute Gasteiger partial charge is 0.153 e. The number of alkyl halides is 1. The highest BCUT2D eigenvalue weighted by Gasteiger charge is 1.99. The van der Waals surface area contributed by atoms with Crippen LogP contribution in [0.3, 0.4) is 0 Å². The Hall–Kier alpha value is 0.390. The maximum absolute atomic E-state index is 5.65. The normalized spacial score (nSPS) is 9.90. The summed E-state index contributed by atoms with van der Waals surface area (Å²) in [5.41, 5.74) is 0.843. The van der Waals surface area contributed by atoms with Gasteiger partial charge in [-0.05, 0) is 6.07 Å². The lowest BCUT2D eigenvalue weighted by Gasteiger charge is -1.94. The Labute approximate surface area is 82.1 Å². The molecule has 0 atom stereocenters. The summed E-state index contributed by atoms with van der Waals surface area (Å²) in [6, 6.07) is 1.71. The van der Waals surface area contributed by atoms with Crippen LogP contribution >= 0.6 is 45.8 Å². The van der Waals surface area contributed by atoms with Gasteiger partial charge in [0, 0.05) is 4.43 Å². The summed E-state index contributed by atoms with van der Waals surface area (Å²) in [7, 11) is 0. The van der Waals surface area contributed by atoms with Crippen LogP contribution in [0.1, 0.15) is 5.69 Å². The van der Waals surface area contributed by atoms with E-state index in [-0.39, 0.29) is 5.15 Å². The van der Waals surface area contributed by atoms with E-state index in [1.165, 1.54) is 0 Å². The largest absolute Gasteiger partial charge is 0.170 e. The molecule has 0 amide bonds. The van der Waals surface area contributed by atoms with Gasteiger partial charge in [-0.2, -0.15) is 5.10 Å². The minimum absolute atomic E-state index is 0.260. The second-order valence-electron chi connectivity index (χ2n) is 1.61. The number of aromatic nitrogens is 2. The standard InChI is InChI=1S/C5H3Cl2IN2/c6-4-1-3(2-8)9-10-5(4)7/h1H,2H2. The molecular weight excluding hydrogens is 286 g/mol. The van der Waals surface area contributed by atoms with Crippen LogP contribution in [-0.4, -0.2) is 10.2 Å². The number of nitrogens with zero attached hydrogens (tertiary/aromatic N) is 2. The topological polar surface area (TPSA) is 25.8 Å². The van der Waals surface area contributed by atoms with Crippen LogP contribution in [0.2, 0.25) is 10.2 Å². The summed E-state index contributed by atoms with van der Waals surface area (Å²) in [5.74, 6) is 0. The first-order chi connectivity index (χ1) is 4.74. The van der Waals surface area contributed by atoms with Gasteiger partial charge in [0.2, 0.25) is 0 Å². The van der Waals surface area contributed by atoms with Crippen LogP contribution in [0.4, 0.5) is 0 Å². The molecule has 0 saturated carbocycles. The van der Waals surface area contributed by atoms with Crippen LogP contribution in [0.15, 0.2) is 6.07 Å². The van der Waals surface area contributed by atoms with Crippen molar-refractivity contribution in [2.75, 3.05) is 0 Å². The third kappa shape index (κ3) is 1.93. The number of halogens is 3. The van der Waals surface area contributed by atoms with Crippen LogP contribution in [-0.2, 0) is 4.43 Å². The predicted octanol–water partition coefficient (Wildman–Crippen LogP) is 2.72. The quantitative estimate of drug-likeness (QED) is 0.587. The first-order valence-corrected chi connectivity index (χ1v) is 4.75. The summed E-state index contributed by atoms with van der Waals surface area (Å²) in [6.07, 6.45) is 0. The number of rotatable bonds is 1. The van der Waals surface area contributed by atoms with Gasteiger partial charge in [0.25, 0.3) is 0 Å². The van der Waals surface area contributed by atoms with E-state index in [2.05, 4.69) is 32.8 Å². The fourth-order valence-corrected chi connectivity index (χ4v) is 1.08. The van der Waals surface area contributed by atoms with Crippen LogP contribution in [0.5, 0.6) is 0 Å². The molecule has 1 aromatic heterocycles. The molecule has 54 valence electrons. The maximum Gasteiger partial charge on any atom is 0.170 e.